The Labute approximate surface area is 108 Å². The van der Waals surface area contributed by atoms with Crippen LogP contribution in [0.4, 0.5) is 0 Å². The highest BCUT2D eigenvalue weighted by Crippen LogP contribution is 2.33. The van der Waals surface area contributed by atoms with E-state index in [9.17, 15) is 0 Å². The smallest absolute Gasteiger partial charge is 0.155 e. The fourth-order valence-corrected chi connectivity index (χ4v) is 2.50. The van der Waals surface area contributed by atoms with E-state index in [2.05, 4.69) is 16.9 Å². The highest BCUT2D eigenvalue weighted by atomic mass is 35.5. The first-order valence-electron chi connectivity index (χ1n) is 6.40. The van der Waals surface area contributed by atoms with Gasteiger partial charge in [-0.3, -0.25) is 0 Å². The molecule has 0 unspecified atom stereocenters. The number of hydrogen-bond acceptors (Lipinski definition) is 3. The average Bonchev–Trinajstić information content (AvgIpc) is 2.82. The molecule has 3 nitrogen and oxygen atoms in total. The largest absolute Gasteiger partial charge is 0.373 e. The van der Waals surface area contributed by atoms with E-state index in [1.807, 2.05) is 6.07 Å². The van der Waals surface area contributed by atoms with Crippen LogP contribution >= 0.6 is 11.6 Å². The van der Waals surface area contributed by atoms with Gasteiger partial charge in [0, 0.05) is 18.2 Å². The van der Waals surface area contributed by atoms with Crippen LogP contribution in [0.15, 0.2) is 6.07 Å². The van der Waals surface area contributed by atoms with E-state index in [0.717, 1.165) is 18.7 Å². The molecular formula is C13H19ClN2O. The summed E-state index contributed by atoms with van der Waals surface area (Å²) < 4.78 is 5.46. The van der Waals surface area contributed by atoms with Crippen molar-refractivity contribution >= 4 is 11.6 Å². The van der Waals surface area contributed by atoms with Gasteiger partial charge in [-0.15, -0.1) is 0 Å². The Balaban J connectivity index is 2.05. The molecule has 1 aliphatic rings. The van der Waals surface area contributed by atoms with Crippen LogP contribution in [0, 0.1) is 0 Å². The highest BCUT2D eigenvalue weighted by molar-refractivity contribution is 6.29. The molecule has 0 atom stereocenters. The Morgan fingerprint density at radius 3 is 2.82 bits per heavy atom. The predicted molar refractivity (Wildman–Crippen MR) is 68.2 cm³/mol. The van der Waals surface area contributed by atoms with Gasteiger partial charge in [-0.2, -0.15) is 0 Å². The third-order valence-corrected chi connectivity index (χ3v) is 3.31. The molecule has 1 fully saturated rings. The molecule has 4 heteroatoms. The van der Waals surface area contributed by atoms with Gasteiger partial charge >= 0.3 is 0 Å². The van der Waals surface area contributed by atoms with Crippen LogP contribution in [0.1, 0.15) is 56.5 Å². The van der Waals surface area contributed by atoms with E-state index in [1.165, 1.54) is 25.7 Å². The third kappa shape index (κ3) is 3.65. The van der Waals surface area contributed by atoms with Gasteiger partial charge in [-0.1, -0.05) is 31.4 Å². The minimum Gasteiger partial charge on any atom is -0.373 e. The molecule has 1 saturated carbocycles. The summed E-state index contributed by atoms with van der Waals surface area (Å²) in [4.78, 5) is 8.77. The van der Waals surface area contributed by atoms with Crippen LogP contribution in [-0.2, 0) is 11.3 Å². The SMILES string of the molecule is CCCOCc1nc(Cl)cc(C2CCCC2)n1. The van der Waals surface area contributed by atoms with E-state index in [4.69, 9.17) is 16.3 Å². The van der Waals surface area contributed by atoms with Gasteiger partial charge in [0.05, 0.1) is 0 Å². The molecule has 17 heavy (non-hydrogen) atoms. The Hall–Kier alpha value is -0.670. The lowest BCUT2D eigenvalue weighted by molar-refractivity contribution is 0.116. The normalized spacial score (nSPS) is 16.6. The zero-order valence-electron chi connectivity index (χ0n) is 10.3. The standard InChI is InChI=1S/C13H19ClN2O/c1-2-7-17-9-13-15-11(8-12(14)16-13)10-5-3-4-6-10/h8,10H,2-7,9H2,1H3. The third-order valence-electron chi connectivity index (χ3n) is 3.11. The summed E-state index contributed by atoms with van der Waals surface area (Å²) in [6.45, 7) is 3.30. The Morgan fingerprint density at radius 1 is 1.35 bits per heavy atom. The maximum absolute atomic E-state index is 6.03. The minimum absolute atomic E-state index is 0.466. The fourth-order valence-electron chi connectivity index (χ4n) is 2.29. The van der Waals surface area contributed by atoms with E-state index in [0.29, 0.717) is 23.5 Å². The Bertz CT molecular complexity index is 364. The molecule has 94 valence electrons. The molecule has 0 saturated heterocycles. The number of hydrogen-bond donors (Lipinski definition) is 0. The van der Waals surface area contributed by atoms with Crippen molar-refractivity contribution in [2.24, 2.45) is 0 Å². The second-order valence-corrected chi connectivity index (χ2v) is 4.95. The lowest BCUT2D eigenvalue weighted by atomic mass is 10.0. The topological polar surface area (TPSA) is 35.0 Å². The number of rotatable bonds is 5. The zero-order valence-corrected chi connectivity index (χ0v) is 11.0. The van der Waals surface area contributed by atoms with Crippen LogP contribution in [0.5, 0.6) is 0 Å². The molecule has 1 aliphatic carbocycles. The van der Waals surface area contributed by atoms with Crippen molar-refractivity contribution in [2.45, 2.75) is 51.6 Å². The van der Waals surface area contributed by atoms with Crippen molar-refractivity contribution in [3.8, 4) is 0 Å². The van der Waals surface area contributed by atoms with Gasteiger partial charge in [0.2, 0.25) is 0 Å². The van der Waals surface area contributed by atoms with Gasteiger partial charge in [-0.05, 0) is 25.3 Å². The first-order chi connectivity index (χ1) is 8.29. The zero-order chi connectivity index (χ0) is 12.1. The molecule has 1 aromatic rings. The van der Waals surface area contributed by atoms with Crippen molar-refractivity contribution in [1.29, 1.82) is 0 Å². The number of halogens is 1. The second-order valence-electron chi connectivity index (χ2n) is 4.57. The van der Waals surface area contributed by atoms with Crippen LogP contribution in [-0.4, -0.2) is 16.6 Å². The molecule has 2 rings (SSSR count). The van der Waals surface area contributed by atoms with Gasteiger partial charge in [-0.25, -0.2) is 9.97 Å². The summed E-state index contributed by atoms with van der Waals surface area (Å²) in [5.74, 6) is 1.29. The highest BCUT2D eigenvalue weighted by Gasteiger charge is 2.19. The van der Waals surface area contributed by atoms with Crippen LogP contribution < -0.4 is 0 Å². The van der Waals surface area contributed by atoms with Crippen molar-refractivity contribution in [3.05, 3.63) is 22.7 Å². The lowest BCUT2D eigenvalue weighted by Gasteiger charge is -2.10. The molecule has 0 aliphatic heterocycles. The summed E-state index contributed by atoms with van der Waals surface area (Å²) >= 11 is 6.03. The maximum Gasteiger partial charge on any atom is 0.155 e. The molecule has 1 aromatic heterocycles. The summed E-state index contributed by atoms with van der Waals surface area (Å²) in [5, 5.41) is 0.539. The van der Waals surface area contributed by atoms with Crippen molar-refractivity contribution in [2.75, 3.05) is 6.61 Å². The van der Waals surface area contributed by atoms with Crippen LogP contribution in [0.25, 0.3) is 0 Å². The molecule has 0 aromatic carbocycles. The Morgan fingerprint density at radius 2 is 2.12 bits per heavy atom. The first-order valence-corrected chi connectivity index (χ1v) is 6.78. The van der Waals surface area contributed by atoms with Gasteiger partial charge in [0.1, 0.15) is 11.8 Å². The van der Waals surface area contributed by atoms with Gasteiger partial charge in [0.15, 0.2) is 5.82 Å². The van der Waals surface area contributed by atoms with E-state index >= 15 is 0 Å². The average molecular weight is 255 g/mol. The first kappa shape index (κ1) is 12.8. The van der Waals surface area contributed by atoms with Crippen molar-refractivity contribution < 1.29 is 4.74 Å². The molecule has 0 N–H and O–H groups in total. The van der Waals surface area contributed by atoms with Crippen LogP contribution in [0.3, 0.4) is 0 Å². The molecular weight excluding hydrogens is 236 g/mol. The number of nitrogens with zero attached hydrogens (tertiary/aromatic N) is 2. The molecule has 0 bridgehead atoms. The minimum atomic E-state index is 0.466. The van der Waals surface area contributed by atoms with E-state index in [1.54, 1.807) is 0 Å². The number of ether oxygens (including phenoxy) is 1. The summed E-state index contributed by atoms with van der Waals surface area (Å²) in [7, 11) is 0. The summed E-state index contributed by atoms with van der Waals surface area (Å²) in [6, 6.07) is 1.90. The molecule has 0 radical (unpaired) electrons. The van der Waals surface area contributed by atoms with Gasteiger partial charge in [0.25, 0.3) is 0 Å². The quantitative estimate of drug-likeness (QED) is 0.593. The molecule has 1 heterocycles. The fraction of sp³-hybridized carbons (Fsp3) is 0.692. The van der Waals surface area contributed by atoms with E-state index in [-0.39, 0.29) is 0 Å². The number of aromatic nitrogens is 2. The summed E-state index contributed by atoms with van der Waals surface area (Å²) in [5.41, 5.74) is 1.09. The van der Waals surface area contributed by atoms with Crippen molar-refractivity contribution in [3.63, 3.8) is 0 Å². The monoisotopic (exact) mass is 254 g/mol. The molecule has 0 amide bonds. The lowest BCUT2D eigenvalue weighted by Crippen LogP contribution is -2.05. The Kier molecular flexibility index (Phi) is 4.75. The second kappa shape index (κ2) is 6.31. The summed E-state index contributed by atoms with van der Waals surface area (Å²) in [6.07, 6.45) is 6.06. The van der Waals surface area contributed by atoms with Gasteiger partial charge < -0.3 is 4.74 Å². The van der Waals surface area contributed by atoms with Crippen molar-refractivity contribution in [1.82, 2.24) is 9.97 Å². The molecule has 0 spiro atoms. The maximum atomic E-state index is 6.03. The van der Waals surface area contributed by atoms with E-state index < -0.39 is 0 Å². The van der Waals surface area contributed by atoms with Crippen LogP contribution in [0.2, 0.25) is 5.15 Å². The predicted octanol–water partition coefficient (Wildman–Crippen LogP) is 3.71.